The minimum atomic E-state index is -4.68. The molecule has 1 aliphatic carbocycles. The number of fused-ring (bicyclic) bond motifs is 1. The molecule has 5 rings (SSSR count). The van der Waals surface area contributed by atoms with Crippen LogP contribution in [0, 0.1) is 16.7 Å². The van der Waals surface area contributed by atoms with E-state index in [0.29, 0.717) is 24.4 Å². The Bertz CT molecular complexity index is 1440. The fourth-order valence-electron chi connectivity index (χ4n) is 6.47. The number of piperazine rings is 1. The number of anilines is 1. The van der Waals surface area contributed by atoms with Gasteiger partial charge in [-0.25, -0.2) is 0 Å². The highest BCUT2D eigenvalue weighted by Crippen LogP contribution is 2.59. The first-order chi connectivity index (χ1) is 20.1. The largest absolute Gasteiger partial charge is 0.416 e. The lowest BCUT2D eigenvalue weighted by atomic mass is 9.87. The topological polar surface area (TPSA) is 77.7 Å². The Kier molecular flexibility index (Phi) is 7.92. The zero-order valence-electron chi connectivity index (χ0n) is 24.7. The number of amidine groups is 1. The highest BCUT2D eigenvalue weighted by Gasteiger charge is 2.66. The zero-order chi connectivity index (χ0) is 31.5. The molecule has 12 heteroatoms. The minimum Gasteiger partial charge on any atom is -0.320 e. The van der Waals surface area contributed by atoms with Gasteiger partial charge in [0.25, 0.3) is 5.91 Å². The van der Waals surface area contributed by atoms with Crippen LogP contribution in [-0.4, -0.2) is 78.5 Å². The van der Waals surface area contributed by atoms with Gasteiger partial charge in [-0.3, -0.25) is 20.5 Å². The van der Waals surface area contributed by atoms with E-state index in [1.54, 1.807) is 6.07 Å². The first kappa shape index (κ1) is 31.1. The monoisotopic (exact) mass is 604 g/mol. The van der Waals surface area contributed by atoms with Gasteiger partial charge in [0.15, 0.2) is 5.84 Å². The van der Waals surface area contributed by atoms with Crippen molar-refractivity contribution in [2.45, 2.75) is 63.3 Å². The third-order valence-corrected chi connectivity index (χ3v) is 9.20. The van der Waals surface area contributed by atoms with Crippen molar-refractivity contribution in [2.24, 2.45) is 5.92 Å². The fourth-order valence-corrected chi connectivity index (χ4v) is 6.47. The molecule has 3 aliphatic rings. The van der Waals surface area contributed by atoms with Crippen molar-refractivity contribution in [3.05, 3.63) is 64.2 Å². The number of carbonyl (C=O) groups excluding carboxylic acids is 1. The summed E-state index contributed by atoms with van der Waals surface area (Å²) in [5, 5.41) is 15.2. The second kappa shape index (κ2) is 11.0. The molecule has 43 heavy (non-hydrogen) atoms. The molecule has 1 saturated heterocycles. The molecular weight excluding hydrogens is 567 g/mol. The summed E-state index contributed by atoms with van der Waals surface area (Å²) in [7, 11) is 3.23. The molecule has 2 aromatic rings. The van der Waals surface area contributed by atoms with Crippen LogP contribution in [-0.2, 0) is 24.7 Å². The normalized spacial score (nSPS) is 20.8. The minimum absolute atomic E-state index is 0.0219. The van der Waals surface area contributed by atoms with Crippen molar-refractivity contribution in [3.63, 3.8) is 0 Å². The van der Waals surface area contributed by atoms with Crippen molar-refractivity contribution >= 4 is 23.8 Å². The quantitative estimate of drug-likeness (QED) is 0.226. The first-order valence-electron chi connectivity index (χ1n) is 14.4. The number of likely N-dealkylation sites (N-methyl/N-ethyl adjacent to an activating group) is 1. The summed E-state index contributed by atoms with van der Waals surface area (Å²) in [4.78, 5) is 20.0. The van der Waals surface area contributed by atoms with E-state index >= 15 is 8.78 Å². The van der Waals surface area contributed by atoms with Gasteiger partial charge in [0, 0.05) is 50.5 Å². The van der Waals surface area contributed by atoms with Gasteiger partial charge >= 0.3 is 12.1 Å². The molecule has 0 spiro atoms. The van der Waals surface area contributed by atoms with Gasteiger partial charge in [-0.1, -0.05) is 26.0 Å². The Hall–Kier alpha value is -3.38. The van der Waals surface area contributed by atoms with Crippen molar-refractivity contribution in [3.8, 4) is 0 Å². The molecule has 2 N–H and O–H groups in total. The number of nitrogens with one attached hydrogen (secondary N) is 2. The highest BCUT2D eigenvalue weighted by molar-refractivity contribution is 6.10. The van der Waals surface area contributed by atoms with Gasteiger partial charge in [-0.05, 0) is 66.8 Å². The van der Waals surface area contributed by atoms with E-state index in [-0.39, 0.29) is 54.4 Å². The van der Waals surface area contributed by atoms with E-state index in [1.807, 2.05) is 7.05 Å². The molecule has 0 aromatic heterocycles. The number of amides is 1. The van der Waals surface area contributed by atoms with Gasteiger partial charge in [-0.15, -0.1) is 0 Å². The van der Waals surface area contributed by atoms with Crippen LogP contribution >= 0.6 is 0 Å². The second-order valence-corrected chi connectivity index (χ2v) is 12.4. The summed E-state index contributed by atoms with van der Waals surface area (Å²) >= 11 is 0. The lowest BCUT2D eigenvalue weighted by Gasteiger charge is -2.42. The van der Waals surface area contributed by atoms with Crippen LogP contribution in [0.25, 0.3) is 0 Å². The smallest absolute Gasteiger partial charge is 0.320 e. The van der Waals surface area contributed by atoms with Crippen LogP contribution in [0.4, 0.5) is 27.6 Å². The molecule has 2 aromatic carbocycles. The standard InChI is InChI=1S/C31H37F5N6O/c1-19(2)26-17-39(3)10-11-41(26)15-20-12-23-24(25(13-20)31(34,35)36)16-42(27(23)43)22-7-5-6-21(14-22)29(8-9-29)30(32,33)28(38)40(4)18-37/h5-7,12-14,18-19,26,37-38H,8-11,15-17H2,1-4H3. The summed E-state index contributed by atoms with van der Waals surface area (Å²) in [5.74, 6) is -4.92. The molecule has 2 aliphatic heterocycles. The predicted octanol–water partition coefficient (Wildman–Crippen LogP) is 5.82. The third kappa shape index (κ3) is 5.43. The van der Waals surface area contributed by atoms with Crippen molar-refractivity contribution in [1.82, 2.24) is 14.7 Å². The van der Waals surface area contributed by atoms with Gasteiger partial charge in [0.05, 0.1) is 23.9 Å². The summed E-state index contributed by atoms with van der Waals surface area (Å²) in [6, 6.07) is 8.82. The maximum absolute atomic E-state index is 15.5. The SMILES string of the molecule is CC(C)C1CN(C)CCN1Cc1cc2c(c(C(F)(F)F)c1)CN(c1cccc(C3(C(F)(F)C(=N)N(C)C=N)CC3)c1)C2=O. The van der Waals surface area contributed by atoms with Crippen LogP contribution in [0.1, 0.15) is 59.3 Å². The maximum atomic E-state index is 15.5. The molecular formula is C31H37F5N6O. The van der Waals surface area contributed by atoms with Gasteiger partial charge in [0.2, 0.25) is 0 Å². The molecule has 2 fully saturated rings. The van der Waals surface area contributed by atoms with Crippen molar-refractivity contribution < 1.29 is 26.7 Å². The number of benzene rings is 2. The molecule has 1 unspecified atom stereocenters. The molecule has 232 valence electrons. The van der Waals surface area contributed by atoms with Gasteiger partial charge < -0.3 is 14.7 Å². The van der Waals surface area contributed by atoms with E-state index in [0.717, 1.165) is 24.1 Å². The number of rotatable bonds is 8. The Morgan fingerprint density at radius 1 is 1.14 bits per heavy atom. The van der Waals surface area contributed by atoms with Gasteiger partial charge in [-0.2, -0.15) is 22.0 Å². The van der Waals surface area contributed by atoms with Crippen LogP contribution in [0.2, 0.25) is 0 Å². The lowest BCUT2D eigenvalue weighted by molar-refractivity contribution is -0.138. The van der Waals surface area contributed by atoms with E-state index in [9.17, 15) is 18.0 Å². The number of alkyl halides is 5. The van der Waals surface area contributed by atoms with E-state index < -0.39 is 34.8 Å². The van der Waals surface area contributed by atoms with E-state index in [1.165, 1.54) is 36.2 Å². The molecule has 1 atom stereocenters. The third-order valence-electron chi connectivity index (χ3n) is 9.20. The Morgan fingerprint density at radius 2 is 1.84 bits per heavy atom. The highest BCUT2D eigenvalue weighted by atomic mass is 19.4. The summed E-state index contributed by atoms with van der Waals surface area (Å²) in [6.45, 7) is 6.43. The number of nitrogens with zero attached hydrogens (tertiary/aromatic N) is 4. The van der Waals surface area contributed by atoms with Crippen LogP contribution < -0.4 is 4.90 Å². The van der Waals surface area contributed by atoms with Crippen molar-refractivity contribution in [2.75, 3.05) is 38.6 Å². The fraction of sp³-hybridized carbons (Fsp3) is 0.516. The Labute approximate surface area is 248 Å². The number of hydrogen-bond donors (Lipinski definition) is 2. The Balaban J connectivity index is 1.47. The van der Waals surface area contributed by atoms with E-state index in [4.69, 9.17) is 10.8 Å². The predicted molar refractivity (Wildman–Crippen MR) is 155 cm³/mol. The summed E-state index contributed by atoms with van der Waals surface area (Å²) < 4.78 is 74.2. The van der Waals surface area contributed by atoms with Crippen LogP contribution in [0.3, 0.4) is 0 Å². The summed E-state index contributed by atoms with van der Waals surface area (Å²) in [6.07, 6.45) is -3.85. The molecule has 1 amide bonds. The lowest BCUT2D eigenvalue weighted by Crippen LogP contribution is -2.53. The second-order valence-electron chi connectivity index (χ2n) is 12.4. The molecule has 1 saturated carbocycles. The average molecular weight is 605 g/mol. The number of halogens is 5. The molecule has 0 radical (unpaired) electrons. The first-order valence-corrected chi connectivity index (χ1v) is 14.4. The molecule has 2 heterocycles. The molecule has 7 nitrogen and oxygen atoms in total. The number of hydrogen-bond acceptors (Lipinski definition) is 5. The van der Waals surface area contributed by atoms with Crippen LogP contribution in [0.15, 0.2) is 36.4 Å². The Morgan fingerprint density at radius 3 is 2.44 bits per heavy atom. The molecule has 0 bridgehead atoms. The van der Waals surface area contributed by atoms with E-state index in [2.05, 4.69) is 23.6 Å². The average Bonchev–Trinajstić information content (AvgIpc) is 3.72. The number of carbonyl (C=O) groups is 1. The van der Waals surface area contributed by atoms with Gasteiger partial charge in [0.1, 0.15) is 0 Å². The van der Waals surface area contributed by atoms with Crippen molar-refractivity contribution in [1.29, 1.82) is 10.8 Å². The maximum Gasteiger partial charge on any atom is 0.416 e. The summed E-state index contributed by atoms with van der Waals surface area (Å²) in [5.41, 5.74) is -1.84. The zero-order valence-corrected chi connectivity index (χ0v) is 24.7. The van der Waals surface area contributed by atoms with Crippen LogP contribution in [0.5, 0.6) is 0 Å².